The molecule has 0 unspecified atom stereocenters. The number of nitrogens with one attached hydrogen (secondary N) is 2. The van der Waals surface area contributed by atoms with Crippen molar-refractivity contribution in [1.29, 1.82) is 0 Å². The maximum absolute atomic E-state index is 12.0. The third-order valence-electron chi connectivity index (χ3n) is 2.70. The van der Waals surface area contributed by atoms with E-state index in [0.29, 0.717) is 17.1 Å². The minimum atomic E-state index is -0.263. The van der Waals surface area contributed by atoms with Crippen molar-refractivity contribution in [2.24, 2.45) is 0 Å². The van der Waals surface area contributed by atoms with Crippen LogP contribution in [0.15, 0.2) is 55.1 Å². The molecule has 0 aromatic carbocycles. The molecule has 2 N–H and O–H groups in total. The second-order valence-corrected chi connectivity index (χ2v) is 4.10. The second-order valence-electron chi connectivity index (χ2n) is 4.10. The largest absolute Gasteiger partial charge is 0.319 e. The van der Waals surface area contributed by atoms with E-state index < -0.39 is 0 Å². The third kappa shape index (κ3) is 2.54. The van der Waals surface area contributed by atoms with Crippen LogP contribution >= 0.6 is 0 Å². The fraction of sp³-hybridized carbons (Fsp3) is 0. The highest BCUT2D eigenvalue weighted by atomic mass is 16.1. The standard InChI is InChI=1S/C14H11N5O/c20-14(17-11-4-2-6-16-9-11)13-7-12(18-19-13)10-3-1-5-15-8-10/h1-9H,(H,17,20)(H,18,19). The fourth-order valence-corrected chi connectivity index (χ4v) is 1.74. The van der Waals surface area contributed by atoms with E-state index in [-0.39, 0.29) is 5.91 Å². The average molecular weight is 265 g/mol. The Bertz CT molecular complexity index is 709. The Balaban J connectivity index is 1.79. The van der Waals surface area contributed by atoms with Gasteiger partial charge in [0.25, 0.3) is 5.91 Å². The third-order valence-corrected chi connectivity index (χ3v) is 2.70. The molecule has 1 amide bonds. The number of anilines is 1. The number of hydrogen-bond donors (Lipinski definition) is 2. The normalized spacial score (nSPS) is 10.2. The first kappa shape index (κ1) is 12.0. The molecule has 98 valence electrons. The summed E-state index contributed by atoms with van der Waals surface area (Å²) < 4.78 is 0. The van der Waals surface area contributed by atoms with Crippen LogP contribution < -0.4 is 5.32 Å². The first-order valence-electron chi connectivity index (χ1n) is 6.00. The molecule has 0 saturated carbocycles. The highest BCUT2D eigenvalue weighted by molar-refractivity contribution is 6.03. The summed E-state index contributed by atoms with van der Waals surface area (Å²) in [4.78, 5) is 20.0. The number of pyridine rings is 2. The van der Waals surface area contributed by atoms with E-state index in [2.05, 4.69) is 25.5 Å². The lowest BCUT2D eigenvalue weighted by atomic mass is 10.2. The van der Waals surface area contributed by atoms with Gasteiger partial charge in [-0.05, 0) is 30.3 Å². The molecule has 0 atom stereocenters. The Morgan fingerprint density at radius 2 is 1.90 bits per heavy atom. The summed E-state index contributed by atoms with van der Waals surface area (Å²) in [6, 6.07) is 8.90. The maximum atomic E-state index is 12.0. The van der Waals surface area contributed by atoms with Crippen molar-refractivity contribution >= 4 is 11.6 Å². The molecule has 0 aliphatic rings. The van der Waals surface area contributed by atoms with E-state index in [1.54, 1.807) is 43.0 Å². The van der Waals surface area contributed by atoms with Crippen LogP contribution in [0.1, 0.15) is 10.5 Å². The van der Waals surface area contributed by atoms with E-state index in [1.165, 1.54) is 0 Å². The molecular formula is C14H11N5O. The summed E-state index contributed by atoms with van der Waals surface area (Å²) in [5.74, 6) is -0.263. The number of aromatic amines is 1. The first-order chi connectivity index (χ1) is 9.83. The number of aromatic nitrogens is 4. The molecule has 3 heterocycles. The monoisotopic (exact) mass is 265 g/mol. The van der Waals surface area contributed by atoms with E-state index >= 15 is 0 Å². The van der Waals surface area contributed by atoms with Crippen LogP contribution in [0.25, 0.3) is 11.3 Å². The lowest BCUT2D eigenvalue weighted by Gasteiger charge is -2.01. The summed E-state index contributed by atoms with van der Waals surface area (Å²) in [6.45, 7) is 0. The van der Waals surface area contributed by atoms with Gasteiger partial charge in [-0.3, -0.25) is 19.9 Å². The molecule has 3 aromatic heterocycles. The Labute approximate surface area is 114 Å². The van der Waals surface area contributed by atoms with Gasteiger partial charge in [0.1, 0.15) is 5.69 Å². The summed E-state index contributed by atoms with van der Waals surface area (Å²) in [7, 11) is 0. The summed E-state index contributed by atoms with van der Waals surface area (Å²) >= 11 is 0. The number of H-pyrrole nitrogens is 1. The van der Waals surface area contributed by atoms with Gasteiger partial charge in [0.2, 0.25) is 0 Å². The van der Waals surface area contributed by atoms with Crippen LogP contribution in [0.4, 0.5) is 5.69 Å². The molecule has 0 aliphatic heterocycles. The highest BCUT2D eigenvalue weighted by Crippen LogP contribution is 2.16. The zero-order valence-electron chi connectivity index (χ0n) is 10.4. The second kappa shape index (κ2) is 5.31. The predicted octanol–water partition coefficient (Wildman–Crippen LogP) is 2.12. The smallest absolute Gasteiger partial charge is 0.273 e. The van der Waals surface area contributed by atoms with Crippen LogP contribution in [-0.2, 0) is 0 Å². The van der Waals surface area contributed by atoms with Crippen LogP contribution in [0, 0.1) is 0 Å². The number of nitrogens with zero attached hydrogens (tertiary/aromatic N) is 3. The SMILES string of the molecule is O=C(Nc1cccnc1)c1cc(-c2cccnc2)n[nH]1. The fourth-order valence-electron chi connectivity index (χ4n) is 1.74. The number of amides is 1. The number of carbonyl (C=O) groups excluding carboxylic acids is 1. The molecule has 6 nitrogen and oxygen atoms in total. The van der Waals surface area contributed by atoms with Gasteiger partial charge in [-0.15, -0.1) is 0 Å². The van der Waals surface area contributed by atoms with Crippen molar-refractivity contribution in [2.75, 3.05) is 5.32 Å². The van der Waals surface area contributed by atoms with E-state index in [0.717, 1.165) is 5.56 Å². The van der Waals surface area contributed by atoms with Crippen LogP contribution in [0.3, 0.4) is 0 Å². The molecule has 3 rings (SSSR count). The maximum Gasteiger partial charge on any atom is 0.273 e. The summed E-state index contributed by atoms with van der Waals surface area (Å²) in [6.07, 6.45) is 6.60. The summed E-state index contributed by atoms with van der Waals surface area (Å²) in [5, 5.41) is 9.56. The van der Waals surface area contributed by atoms with Crippen molar-refractivity contribution < 1.29 is 4.79 Å². The van der Waals surface area contributed by atoms with Gasteiger partial charge in [-0.1, -0.05) is 0 Å². The van der Waals surface area contributed by atoms with Crippen molar-refractivity contribution in [3.8, 4) is 11.3 Å². The lowest BCUT2D eigenvalue weighted by Crippen LogP contribution is -2.12. The van der Waals surface area contributed by atoms with Gasteiger partial charge in [-0.25, -0.2) is 0 Å². The van der Waals surface area contributed by atoms with Gasteiger partial charge in [-0.2, -0.15) is 5.10 Å². The topological polar surface area (TPSA) is 83.6 Å². The van der Waals surface area contributed by atoms with Gasteiger partial charge < -0.3 is 5.32 Å². The zero-order chi connectivity index (χ0) is 13.8. The molecule has 0 saturated heterocycles. The first-order valence-corrected chi connectivity index (χ1v) is 6.00. The van der Waals surface area contributed by atoms with Gasteiger partial charge in [0.05, 0.1) is 17.6 Å². The van der Waals surface area contributed by atoms with Crippen molar-refractivity contribution in [3.63, 3.8) is 0 Å². The van der Waals surface area contributed by atoms with E-state index in [4.69, 9.17) is 0 Å². The number of rotatable bonds is 3. The molecule has 0 spiro atoms. The molecule has 0 bridgehead atoms. The Morgan fingerprint density at radius 3 is 2.60 bits per heavy atom. The molecule has 6 heteroatoms. The van der Waals surface area contributed by atoms with Gasteiger partial charge >= 0.3 is 0 Å². The molecular weight excluding hydrogens is 254 g/mol. The zero-order valence-corrected chi connectivity index (χ0v) is 10.4. The van der Waals surface area contributed by atoms with Gasteiger partial charge in [0, 0.05) is 24.2 Å². The molecule has 0 radical (unpaired) electrons. The Hall–Kier alpha value is -3.02. The molecule has 0 aliphatic carbocycles. The lowest BCUT2D eigenvalue weighted by molar-refractivity contribution is 0.102. The average Bonchev–Trinajstić information content (AvgIpc) is 2.99. The minimum Gasteiger partial charge on any atom is -0.319 e. The van der Waals surface area contributed by atoms with Gasteiger partial charge in [0.15, 0.2) is 0 Å². The van der Waals surface area contributed by atoms with Crippen molar-refractivity contribution in [2.45, 2.75) is 0 Å². The predicted molar refractivity (Wildman–Crippen MR) is 74.0 cm³/mol. The number of carbonyl (C=O) groups is 1. The van der Waals surface area contributed by atoms with Crippen LogP contribution in [0.5, 0.6) is 0 Å². The Kier molecular flexibility index (Phi) is 3.20. The van der Waals surface area contributed by atoms with E-state index in [1.807, 2.05) is 12.1 Å². The summed E-state index contributed by atoms with van der Waals surface area (Å²) in [5.41, 5.74) is 2.54. The molecule has 3 aromatic rings. The quantitative estimate of drug-likeness (QED) is 0.759. The highest BCUT2D eigenvalue weighted by Gasteiger charge is 2.11. The minimum absolute atomic E-state index is 0.263. The van der Waals surface area contributed by atoms with E-state index in [9.17, 15) is 4.79 Å². The Morgan fingerprint density at radius 1 is 1.10 bits per heavy atom. The molecule has 0 fully saturated rings. The number of hydrogen-bond acceptors (Lipinski definition) is 4. The molecule has 20 heavy (non-hydrogen) atoms. The van der Waals surface area contributed by atoms with Crippen LogP contribution in [-0.4, -0.2) is 26.1 Å². The van der Waals surface area contributed by atoms with Crippen molar-refractivity contribution in [3.05, 3.63) is 60.8 Å². The van der Waals surface area contributed by atoms with Crippen molar-refractivity contribution in [1.82, 2.24) is 20.2 Å². The van der Waals surface area contributed by atoms with Crippen LogP contribution in [0.2, 0.25) is 0 Å².